The Morgan fingerprint density at radius 1 is 1.13 bits per heavy atom. The zero-order chi connectivity index (χ0) is 10.1. The molecule has 1 aromatic carbocycles. The van der Waals surface area contributed by atoms with Crippen LogP contribution in [0.2, 0.25) is 0 Å². The van der Waals surface area contributed by atoms with Crippen LogP contribution in [0.3, 0.4) is 0 Å². The van der Waals surface area contributed by atoms with E-state index in [1.165, 1.54) is 12.8 Å². The largest absolute Gasteiger partial charge is 0.408 e. The van der Waals surface area contributed by atoms with Crippen LogP contribution in [0, 0.1) is 0 Å². The molecule has 1 aliphatic rings. The number of nitrogens with one attached hydrogen (secondary N) is 1. The summed E-state index contributed by atoms with van der Waals surface area (Å²) >= 11 is 0. The van der Waals surface area contributed by atoms with Gasteiger partial charge in [-0.15, -0.1) is 5.10 Å². The molecule has 0 atom stereocenters. The molecular formula is C11H11N3O. The van der Waals surface area contributed by atoms with E-state index >= 15 is 0 Å². The van der Waals surface area contributed by atoms with E-state index in [0.717, 1.165) is 11.6 Å². The average Bonchev–Trinajstić information content (AvgIpc) is 3.02. The second-order valence-electron chi connectivity index (χ2n) is 3.71. The molecule has 0 amide bonds. The second kappa shape index (κ2) is 3.38. The highest BCUT2D eigenvalue weighted by Gasteiger charge is 2.29. The number of hydrogen-bond acceptors (Lipinski definition) is 4. The fourth-order valence-corrected chi connectivity index (χ4v) is 1.43. The minimum Gasteiger partial charge on any atom is -0.408 e. The number of hydrogen-bond donors (Lipinski definition) is 1. The Labute approximate surface area is 87.3 Å². The van der Waals surface area contributed by atoms with Crippen LogP contribution < -0.4 is 5.32 Å². The van der Waals surface area contributed by atoms with Gasteiger partial charge < -0.3 is 9.73 Å². The average molecular weight is 201 g/mol. The number of nitrogens with zero attached hydrogens (tertiary/aromatic N) is 2. The Kier molecular flexibility index (Phi) is 1.91. The van der Waals surface area contributed by atoms with Gasteiger partial charge in [-0.05, 0) is 25.0 Å². The van der Waals surface area contributed by atoms with Crippen molar-refractivity contribution in [1.29, 1.82) is 0 Å². The van der Waals surface area contributed by atoms with Crippen LogP contribution in [0.15, 0.2) is 34.7 Å². The van der Waals surface area contributed by atoms with Gasteiger partial charge in [0, 0.05) is 11.6 Å². The van der Waals surface area contributed by atoms with Crippen LogP contribution in [0.5, 0.6) is 0 Å². The van der Waals surface area contributed by atoms with E-state index in [4.69, 9.17) is 4.42 Å². The van der Waals surface area contributed by atoms with Gasteiger partial charge in [0.2, 0.25) is 5.89 Å². The van der Waals surface area contributed by atoms with Gasteiger partial charge in [0.1, 0.15) is 0 Å². The first-order valence-corrected chi connectivity index (χ1v) is 5.07. The monoisotopic (exact) mass is 201 g/mol. The van der Waals surface area contributed by atoms with E-state index in [2.05, 4.69) is 15.5 Å². The van der Waals surface area contributed by atoms with Gasteiger partial charge in [0.25, 0.3) is 0 Å². The Balaban J connectivity index is 1.76. The predicted octanol–water partition coefficient (Wildman–Crippen LogP) is 2.69. The fraction of sp³-hybridized carbons (Fsp3) is 0.273. The van der Waals surface area contributed by atoms with E-state index in [1.807, 2.05) is 30.3 Å². The Morgan fingerprint density at radius 2 is 1.93 bits per heavy atom. The molecule has 1 fully saturated rings. The zero-order valence-electron chi connectivity index (χ0n) is 8.18. The normalized spacial score (nSPS) is 15.2. The second-order valence-corrected chi connectivity index (χ2v) is 3.71. The number of para-hydroxylation sites is 1. The van der Waals surface area contributed by atoms with Gasteiger partial charge in [0.15, 0.2) is 0 Å². The van der Waals surface area contributed by atoms with Crippen LogP contribution in [0.25, 0.3) is 0 Å². The minimum atomic E-state index is 0.475. The first-order chi connectivity index (χ1) is 7.42. The van der Waals surface area contributed by atoms with Crippen molar-refractivity contribution in [2.24, 2.45) is 0 Å². The van der Waals surface area contributed by atoms with E-state index in [9.17, 15) is 0 Å². The van der Waals surface area contributed by atoms with Gasteiger partial charge in [-0.2, -0.15) is 0 Å². The Morgan fingerprint density at radius 3 is 2.67 bits per heavy atom. The number of benzene rings is 1. The van der Waals surface area contributed by atoms with E-state index in [0.29, 0.717) is 11.9 Å². The quantitative estimate of drug-likeness (QED) is 0.829. The molecular weight excluding hydrogens is 190 g/mol. The van der Waals surface area contributed by atoms with Crippen LogP contribution in [-0.2, 0) is 0 Å². The van der Waals surface area contributed by atoms with Crippen molar-refractivity contribution in [3.8, 4) is 0 Å². The molecule has 76 valence electrons. The lowest BCUT2D eigenvalue weighted by Gasteiger charge is -1.98. The van der Waals surface area contributed by atoms with Gasteiger partial charge in [-0.25, -0.2) is 0 Å². The molecule has 1 aromatic heterocycles. The van der Waals surface area contributed by atoms with Crippen molar-refractivity contribution in [2.75, 3.05) is 5.32 Å². The molecule has 1 N–H and O–H groups in total. The van der Waals surface area contributed by atoms with E-state index in [-0.39, 0.29) is 0 Å². The van der Waals surface area contributed by atoms with Gasteiger partial charge in [-0.1, -0.05) is 23.3 Å². The summed E-state index contributed by atoms with van der Waals surface area (Å²) in [6, 6.07) is 10.3. The van der Waals surface area contributed by atoms with Gasteiger partial charge in [-0.3, -0.25) is 0 Å². The van der Waals surface area contributed by atoms with E-state index in [1.54, 1.807) is 0 Å². The van der Waals surface area contributed by atoms with Crippen molar-refractivity contribution >= 4 is 11.7 Å². The Hall–Kier alpha value is -1.84. The summed E-state index contributed by atoms with van der Waals surface area (Å²) in [4.78, 5) is 0. The highest BCUT2D eigenvalue weighted by Crippen LogP contribution is 2.39. The third-order valence-electron chi connectivity index (χ3n) is 2.39. The lowest BCUT2D eigenvalue weighted by atomic mass is 10.3. The molecule has 15 heavy (non-hydrogen) atoms. The number of rotatable bonds is 3. The molecule has 0 saturated heterocycles. The number of aromatic nitrogens is 2. The molecule has 0 aliphatic heterocycles. The smallest absolute Gasteiger partial charge is 0.320 e. The third-order valence-corrected chi connectivity index (χ3v) is 2.39. The molecule has 1 heterocycles. The number of anilines is 2. The van der Waals surface area contributed by atoms with Crippen LogP contribution in [0.1, 0.15) is 24.7 Å². The highest BCUT2D eigenvalue weighted by atomic mass is 16.4. The predicted molar refractivity (Wildman–Crippen MR) is 56.0 cm³/mol. The van der Waals surface area contributed by atoms with Crippen molar-refractivity contribution < 1.29 is 4.42 Å². The molecule has 0 bridgehead atoms. The maximum atomic E-state index is 5.48. The maximum absolute atomic E-state index is 5.48. The highest BCUT2D eigenvalue weighted by molar-refractivity contribution is 5.50. The lowest BCUT2D eigenvalue weighted by Crippen LogP contribution is -1.88. The first kappa shape index (κ1) is 8.47. The van der Waals surface area contributed by atoms with E-state index < -0.39 is 0 Å². The summed E-state index contributed by atoms with van der Waals surface area (Å²) in [7, 11) is 0. The van der Waals surface area contributed by atoms with Gasteiger partial charge >= 0.3 is 6.01 Å². The van der Waals surface area contributed by atoms with Crippen molar-refractivity contribution in [3.05, 3.63) is 36.2 Å². The maximum Gasteiger partial charge on any atom is 0.320 e. The zero-order valence-corrected chi connectivity index (χ0v) is 8.18. The topological polar surface area (TPSA) is 51.0 Å². The van der Waals surface area contributed by atoms with Crippen LogP contribution >= 0.6 is 0 Å². The summed E-state index contributed by atoms with van der Waals surface area (Å²) in [5, 5.41) is 11.0. The van der Waals surface area contributed by atoms with Crippen molar-refractivity contribution in [3.63, 3.8) is 0 Å². The van der Waals surface area contributed by atoms with Crippen LogP contribution in [-0.4, -0.2) is 10.2 Å². The molecule has 4 nitrogen and oxygen atoms in total. The molecule has 1 saturated carbocycles. The van der Waals surface area contributed by atoms with Crippen molar-refractivity contribution in [2.45, 2.75) is 18.8 Å². The minimum absolute atomic E-state index is 0.475. The fourth-order valence-electron chi connectivity index (χ4n) is 1.43. The summed E-state index contributed by atoms with van der Waals surface area (Å²) in [5.74, 6) is 1.26. The molecule has 2 aromatic rings. The summed E-state index contributed by atoms with van der Waals surface area (Å²) < 4.78 is 5.48. The molecule has 1 aliphatic carbocycles. The van der Waals surface area contributed by atoms with Gasteiger partial charge in [0.05, 0.1) is 0 Å². The SMILES string of the molecule is c1ccc(Nc2nnc(C3CC3)o2)cc1. The Bertz CT molecular complexity index is 448. The lowest BCUT2D eigenvalue weighted by molar-refractivity contribution is 0.511. The third kappa shape index (κ3) is 1.83. The molecule has 0 unspecified atom stereocenters. The summed E-state index contributed by atoms with van der Waals surface area (Å²) in [6.07, 6.45) is 2.35. The summed E-state index contributed by atoms with van der Waals surface area (Å²) in [6.45, 7) is 0. The van der Waals surface area contributed by atoms with Crippen LogP contribution in [0.4, 0.5) is 11.7 Å². The summed E-state index contributed by atoms with van der Waals surface area (Å²) in [5.41, 5.74) is 0.962. The standard InChI is InChI=1S/C11H11N3O/c1-2-4-9(5-3-1)12-11-14-13-10(15-11)8-6-7-8/h1-5,8H,6-7H2,(H,12,14). The molecule has 4 heteroatoms. The van der Waals surface area contributed by atoms with Crippen molar-refractivity contribution in [1.82, 2.24) is 10.2 Å². The molecule has 0 radical (unpaired) electrons. The molecule has 0 spiro atoms. The first-order valence-electron chi connectivity index (χ1n) is 5.07. The molecule has 3 rings (SSSR count).